The van der Waals surface area contributed by atoms with Gasteiger partial charge in [0.1, 0.15) is 16.9 Å². The highest BCUT2D eigenvalue weighted by Crippen LogP contribution is 2.39. The van der Waals surface area contributed by atoms with Crippen LogP contribution in [0.15, 0.2) is 53.6 Å². The van der Waals surface area contributed by atoms with Crippen LogP contribution in [-0.2, 0) is 9.59 Å². The van der Waals surface area contributed by atoms with Gasteiger partial charge in [-0.05, 0) is 36.2 Å². The third-order valence-corrected chi connectivity index (χ3v) is 5.40. The van der Waals surface area contributed by atoms with Crippen LogP contribution in [0.1, 0.15) is 36.8 Å². The van der Waals surface area contributed by atoms with Crippen molar-refractivity contribution in [3.05, 3.63) is 59.7 Å². The van der Waals surface area contributed by atoms with Crippen LogP contribution in [0.3, 0.4) is 0 Å². The number of para-hydroxylation sites is 1. The number of rotatable bonds is 7. The van der Waals surface area contributed by atoms with Crippen molar-refractivity contribution in [2.45, 2.75) is 32.6 Å². The number of hydrazone groups is 1. The molecular weight excluding hydrogens is 402 g/mol. The van der Waals surface area contributed by atoms with Crippen LogP contribution in [0.2, 0.25) is 0 Å². The van der Waals surface area contributed by atoms with Crippen molar-refractivity contribution in [3.63, 3.8) is 0 Å². The molecule has 1 aliphatic heterocycles. The first kappa shape index (κ1) is 21.7. The fourth-order valence-corrected chi connectivity index (χ4v) is 4.01. The molecule has 2 amide bonds. The Morgan fingerprint density at radius 3 is 2.60 bits per heavy atom. The number of carbonyl (C=O) groups is 2. The molecule has 1 unspecified atom stereocenters. The maximum atomic E-state index is 12.0. The molecule has 1 aliphatic rings. The summed E-state index contributed by atoms with van der Waals surface area (Å²) in [4.78, 5) is 23.3. The number of hydrogen-bond donors (Lipinski definition) is 1. The maximum Gasteiger partial charge on any atom is 0.241 e. The van der Waals surface area contributed by atoms with Gasteiger partial charge in [0.05, 0.1) is 13.2 Å². The monoisotopic (exact) mass is 427 g/mol. The van der Waals surface area contributed by atoms with Gasteiger partial charge in [-0.25, -0.2) is 5.01 Å². The first-order valence-corrected chi connectivity index (χ1v) is 10.6. The number of amides is 2. The van der Waals surface area contributed by atoms with Crippen molar-refractivity contribution in [2.75, 3.05) is 13.2 Å². The van der Waals surface area contributed by atoms with E-state index in [0.717, 1.165) is 23.3 Å². The zero-order valence-electron chi connectivity index (χ0n) is 17.3. The molecule has 0 saturated heterocycles. The molecule has 0 radical (unpaired) electrons. The number of benzene rings is 2. The lowest BCUT2D eigenvalue weighted by molar-refractivity contribution is -0.129. The predicted octanol–water partition coefficient (Wildman–Crippen LogP) is 3.84. The second-order valence-corrected chi connectivity index (χ2v) is 7.88. The van der Waals surface area contributed by atoms with E-state index in [4.69, 9.17) is 9.47 Å². The first-order valence-electron chi connectivity index (χ1n) is 9.68. The molecule has 7 nitrogen and oxygen atoms in total. The van der Waals surface area contributed by atoms with Crippen molar-refractivity contribution in [2.24, 2.45) is 5.10 Å². The smallest absolute Gasteiger partial charge is 0.241 e. The molecule has 2 aromatic rings. The number of aryl methyl sites for hydroxylation is 1. The Bertz CT molecular complexity index is 947. The molecule has 1 N–H and O–H groups in total. The SMILES string of the molecule is CC(=O)NC1=NN(C(C)=O)C(c2cccc(OCCCOc3ccccc3C)c2)S1. The highest BCUT2D eigenvalue weighted by atomic mass is 32.2. The van der Waals surface area contributed by atoms with Crippen LogP contribution in [-0.4, -0.2) is 35.2 Å². The van der Waals surface area contributed by atoms with Crippen LogP contribution < -0.4 is 14.8 Å². The van der Waals surface area contributed by atoms with Gasteiger partial charge in [0.25, 0.3) is 0 Å². The van der Waals surface area contributed by atoms with Gasteiger partial charge < -0.3 is 14.8 Å². The lowest BCUT2D eigenvalue weighted by Crippen LogP contribution is -2.25. The Balaban J connectivity index is 1.55. The van der Waals surface area contributed by atoms with E-state index in [2.05, 4.69) is 10.4 Å². The van der Waals surface area contributed by atoms with E-state index in [9.17, 15) is 9.59 Å². The average Bonchev–Trinajstić information content (AvgIpc) is 3.13. The molecule has 0 bridgehead atoms. The third kappa shape index (κ3) is 5.76. The van der Waals surface area contributed by atoms with E-state index < -0.39 is 0 Å². The summed E-state index contributed by atoms with van der Waals surface area (Å²) in [5.74, 6) is 1.17. The van der Waals surface area contributed by atoms with Gasteiger partial charge in [0.2, 0.25) is 11.8 Å². The summed E-state index contributed by atoms with van der Waals surface area (Å²) in [6, 6.07) is 15.5. The fraction of sp³-hybridized carbons (Fsp3) is 0.318. The van der Waals surface area contributed by atoms with Crippen LogP contribution in [0.25, 0.3) is 0 Å². The van der Waals surface area contributed by atoms with Crippen LogP contribution in [0.5, 0.6) is 11.5 Å². The number of hydrogen-bond acceptors (Lipinski definition) is 6. The highest BCUT2D eigenvalue weighted by molar-refractivity contribution is 8.14. The van der Waals surface area contributed by atoms with Gasteiger partial charge in [0, 0.05) is 20.3 Å². The normalized spacial score (nSPS) is 15.5. The van der Waals surface area contributed by atoms with Gasteiger partial charge in [-0.2, -0.15) is 0 Å². The zero-order chi connectivity index (χ0) is 21.5. The van der Waals surface area contributed by atoms with E-state index in [1.165, 1.54) is 30.6 Å². The Morgan fingerprint density at radius 2 is 1.87 bits per heavy atom. The quantitative estimate of drug-likeness (QED) is 0.679. The van der Waals surface area contributed by atoms with Gasteiger partial charge in [-0.3, -0.25) is 9.59 Å². The second-order valence-electron chi connectivity index (χ2n) is 6.81. The van der Waals surface area contributed by atoms with Crippen LogP contribution in [0, 0.1) is 6.92 Å². The number of nitrogens with zero attached hydrogens (tertiary/aromatic N) is 2. The molecule has 0 aromatic heterocycles. The van der Waals surface area contributed by atoms with Gasteiger partial charge in [0.15, 0.2) is 5.17 Å². The standard InChI is InChI=1S/C22H25N3O4S/c1-15-8-4-5-11-20(15)29-13-7-12-28-19-10-6-9-18(14-19)21-25(17(3)27)24-22(30-21)23-16(2)26/h4-6,8-11,14,21H,7,12-13H2,1-3H3,(H,23,24,26). The van der Waals surface area contributed by atoms with Crippen molar-refractivity contribution in [1.82, 2.24) is 10.3 Å². The molecule has 30 heavy (non-hydrogen) atoms. The van der Waals surface area contributed by atoms with Gasteiger partial charge >= 0.3 is 0 Å². The zero-order valence-corrected chi connectivity index (χ0v) is 18.1. The van der Waals surface area contributed by atoms with E-state index in [1.54, 1.807) is 0 Å². The predicted molar refractivity (Wildman–Crippen MR) is 117 cm³/mol. The Labute approximate surface area is 180 Å². The average molecular weight is 428 g/mol. The first-order chi connectivity index (χ1) is 14.4. The van der Waals surface area contributed by atoms with Crippen molar-refractivity contribution in [3.8, 4) is 11.5 Å². The summed E-state index contributed by atoms with van der Waals surface area (Å²) in [6.45, 7) is 5.95. The van der Waals surface area contributed by atoms with E-state index in [0.29, 0.717) is 24.1 Å². The summed E-state index contributed by atoms with van der Waals surface area (Å²) in [5, 5.41) is 8.27. The molecule has 2 aromatic carbocycles. The van der Waals surface area contributed by atoms with Crippen LogP contribution in [0.4, 0.5) is 0 Å². The molecule has 158 valence electrons. The topological polar surface area (TPSA) is 80.2 Å². The summed E-state index contributed by atoms with van der Waals surface area (Å²) >= 11 is 1.32. The molecule has 0 spiro atoms. The minimum Gasteiger partial charge on any atom is -0.493 e. The Morgan fingerprint density at radius 1 is 1.10 bits per heavy atom. The van der Waals surface area contributed by atoms with Crippen LogP contribution >= 0.6 is 11.8 Å². The van der Waals surface area contributed by atoms with E-state index in [-0.39, 0.29) is 17.2 Å². The summed E-state index contributed by atoms with van der Waals surface area (Å²) in [7, 11) is 0. The number of ether oxygens (including phenoxy) is 2. The maximum absolute atomic E-state index is 12.0. The van der Waals surface area contributed by atoms with Gasteiger partial charge in [-0.1, -0.05) is 42.1 Å². The third-order valence-electron chi connectivity index (χ3n) is 4.30. The largest absolute Gasteiger partial charge is 0.493 e. The molecule has 8 heteroatoms. The molecular formula is C22H25N3O4S. The lowest BCUT2D eigenvalue weighted by atomic mass is 10.2. The molecule has 1 heterocycles. The number of amidine groups is 1. The van der Waals surface area contributed by atoms with E-state index in [1.807, 2.05) is 55.5 Å². The second kappa shape index (κ2) is 10.2. The Kier molecular flexibility index (Phi) is 7.35. The number of carbonyl (C=O) groups excluding carboxylic acids is 2. The lowest BCUT2D eigenvalue weighted by Gasteiger charge is -2.19. The molecule has 3 rings (SSSR count). The highest BCUT2D eigenvalue weighted by Gasteiger charge is 2.32. The summed E-state index contributed by atoms with van der Waals surface area (Å²) < 4.78 is 11.6. The van der Waals surface area contributed by atoms with Crippen molar-refractivity contribution < 1.29 is 19.1 Å². The van der Waals surface area contributed by atoms with Crippen molar-refractivity contribution >= 4 is 28.7 Å². The minimum absolute atomic E-state index is 0.201. The minimum atomic E-state index is -0.350. The molecule has 0 fully saturated rings. The number of thioether (sulfide) groups is 1. The molecule has 1 atom stereocenters. The Hall–Kier alpha value is -3.00. The number of nitrogens with one attached hydrogen (secondary N) is 1. The van der Waals surface area contributed by atoms with Crippen molar-refractivity contribution in [1.29, 1.82) is 0 Å². The molecule has 0 aliphatic carbocycles. The summed E-state index contributed by atoms with van der Waals surface area (Å²) in [6.07, 6.45) is 0.742. The molecule has 0 saturated carbocycles. The van der Waals surface area contributed by atoms with Gasteiger partial charge in [-0.15, -0.1) is 5.10 Å². The van der Waals surface area contributed by atoms with E-state index >= 15 is 0 Å². The summed E-state index contributed by atoms with van der Waals surface area (Å²) in [5.41, 5.74) is 1.98. The fourth-order valence-electron chi connectivity index (χ4n) is 2.89.